The SMILES string of the molecule is CCOc1ccc(CC(=O)N[C@@H]2CCCC[C@H]2O)cc1. The lowest BCUT2D eigenvalue weighted by Crippen LogP contribution is -2.45. The van der Waals surface area contributed by atoms with Crippen LogP contribution in [0.4, 0.5) is 0 Å². The van der Waals surface area contributed by atoms with Crippen molar-refractivity contribution in [2.24, 2.45) is 0 Å². The predicted octanol–water partition coefficient (Wildman–Crippen LogP) is 2.05. The van der Waals surface area contributed by atoms with E-state index in [0.717, 1.165) is 37.0 Å². The molecule has 0 aliphatic heterocycles. The summed E-state index contributed by atoms with van der Waals surface area (Å²) in [5.74, 6) is 0.791. The van der Waals surface area contributed by atoms with Crippen molar-refractivity contribution < 1.29 is 14.6 Å². The molecule has 20 heavy (non-hydrogen) atoms. The maximum Gasteiger partial charge on any atom is 0.224 e. The van der Waals surface area contributed by atoms with Crippen molar-refractivity contribution in [1.82, 2.24) is 5.32 Å². The number of ether oxygens (including phenoxy) is 1. The molecule has 0 radical (unpaired) electrons. The van der Waals surface area contributed by atoms with E-state index < -0.39 is 6.10 Å². The Bertz CT molecular complexity index is 430. The summed E-state index contributed by atoms with van der Waals surface area (Å²) in [6.45, 7) is 2.58. The van der Waals surface area contributed by atoms with Gasteiger partial charge in [-0.05, 0) is 37.5 Å². The van der Waals surface area contributed by atoms with Gasteiger partial charge in [0.1, 0.15) is 5.75 Å². The highest BCUT2D eigenvalue weighted by molar-refractivity contribution is 5.79. The van der Waals surface area contributed by atoms with Gasteiger partial charge in [0.15, 0.2) is 0 Å². The Kier molecular flexibility index (Phi) is 5.41. The van der Waals surface area contributed by atoms with Crippen LogP contribution < -0.4 is 10.1 Å². The third-order valence-electron chi connectivity index (χ3n) is 3.67. The average molecular weight is 277 g/mol. The molecular weight excluding hydrogens is 254 g/mol. The van der Waals surface area contributed by atoms with Crippen molar-refractivity contribution >= 4 is 5.91 Å². The number of aliphatic hydroxyl groups excluding tert-OH is 1. The Hall–Kier alpha value is -1.55. The second-order valence-electron chi connectivity index (χ2n) is 5.28. The molecule has 1 aromatic rings. The quantitative estimate of drug-likeness (QED) is 0.866. The molecule has 2 atom stereocenters. The number of hydrogen-bond donors (Lipinski definition) is 2. The van der Waals surface area contributed by atoms with E-state index in [9.17, 15) is 9.90 Å². The lowest BCUT2D eigenvalue weighted by Gasteiger charge is -2.28. The van der Waals surface area contributed by atoms with Crippen LogP contribution in [0.3, 0.4) is 0 Å². The first-order valence-electron chi connectivity index (χ1n) is 7.38. The van der Waals surface area contributed by atoms with Gasteiger partial charge >= 0.3 is 0 Å². The average Bonchev–Trinajstić information content (AvgIpc) is 2.44. The molecule has 1 fully saturated rings. The monoisotopic (exact) mass is 277 g/mol. The molecule has 2 rings (SSSR count). The van der Waals surface area contributed by atoms with E-state index in [-0.39, 0.29) is 11.9 Å². The van der Waals surface area contributed by atoms with Gasteiger partial charge in [-0.25, -0.2) is 0 Å². The molecule has 1 saturated carbocycles. The fraction of sp³-hybridized carbons (Fsp3) is 0.562. The fourth-order valence-corrected chi connectivity index (χ4v) is 2.59. The molecule has 0 bridgehead atoms. The van der Waals surface area contributed by atoms with Crippen LogP contribution in [0.25, 0.3) is 0 Å². The summed E-state index contributed by atoms with van der Waals surface area (Å²) in [4.78, 5) is 12.0. The molecule has 110 valence electrons. The summed E-state index contributed by atoms with van der Waals surface area (Å²) in [6, 6.07) is 7.48. The maximum atomic E-state index is 12.0. The highest BCUT2D eigenvalue weighted by Gasteiger charge is 2.24. The molecule has 2 N–H and O–H groups in total. The molecule has 1 aliphatic carbocycles. The van der Waals surface area contributed by atoms with Crippen molar-refractivity contribution in [3.8, 4) is 5.75 Å². The summed E-state index contributed by atoms with van der Waals surface area (Å²) >= 11 is 0. The van der Waals surface area contributed by atoms with Crippen molar-refractivity contribution in [2.45, 2.75) is 51.2 Å². The highest BCUT2D eigenvalue weighted by atomic mass is 16.5. The Morgan fingerprint density at radius 2 is 2.00 bits per heavy atom. The maximum absolute atomic E-state index is 12.0. The number of rotatable bonds is 5. The first kappa shape index (κ1) is 14.9. The van der Waals surface area contributed by atoms with Crippen LogP contribution in [0, 0.1) is 0 Å². The minimum atomic E-state index is -0.395. The lowest BCUT2D eigenvalue weighted by molar-refractivity contribution is -0.122. The van der Waals surface area contributed by atoms with Gasteiger partial charge in [-0.1, -0.05) is 25.0 Å². The lowest BCUT2D eigenvalue weighted by atomic mass is 9.92. The van der Waals surface area contributed by atoms with E-state index in [1.807, 2.05) is 31.2 Å². The van der Waals surface area contributed by atoms with Gasteiger partial charge in [-0.15, -0.1) is 0 Å². The van der Waals surface area contributed by atoms with Crippen molar-refractivity contribution in [1.29, 1.82) is 0 Å². The number of carbonyl (C=O) groups excluding carboxylic acids is 1. The molecule has 0 heterocycles. The van der Waals surface area contributed by atoms with E-state index in [1.54, 1.807) is 0 Å². The zero-order valence-corrected chi connectivity index (χ0v) is 12.0. The van der Waals surface area contributed by atoms with Gasteiger partial charge in [0.05, 0.1) is 25.2 Å². The number of nitrogens with one attached hydrogen (secondary N) is 1. The Labute approximate surface area is 120 Å². The summed E-state index contributed by atoms with van der Waals surface area (Å²) in [5, 5.41) is 12.8. The van der Waals surface area contributed by atoms with Crippen LogP contribution in [0.2, 0.25) is 0 Å². The molecule has 4 nitrogen and oxygen atoms in total. The summed E-state index contributed by atoms with van der Waals surface area (Å²) in [7, 11) is 0. The normalized spacial score (nSPS) is 22.3. The zero-order chi connectivity index (χ0) is 14.4. The minimum Gasteiger partial charge on any atom is -0.494 e. The van der Waals surface area contributed by atoms with Crippen LogP contribution >= 0.6 is 0 Å². The molecule has 0 aromatic heterocycles. The molecule has 0 saturated heterocycles. The third kappa shape index (κ3) is 4.23. The van der Waals surface area contributed by atoms with Crippen LogP contribution in [-0.2, 0) is 11.2 Å². The van der Waals surface area contributed by atoms with E-state index in [0.29, 0.717) is 13.0 Å². The van der Waals surface area contributed by atoms with Gasteiger partial charge < -0.3 is 15.2 Å². The number of benzene rings is 1. The molecule has 4 heteroatoms. The van der Waals surface area contributed by atoms with Gasteiger partial charge in [0.2, 0.25) is 5.91 Å². The highest BCUT2D eigenvalue weighted by Crippen LogP contribution is 2.18. The molecule has 1 aliphatic rings. The van der Waals surface area contributed by atoms with Crippen LogP contribution in [0.1, 0.15) is 38.2 Å². The molecule has 1 amide bonds. The van der Waals surface area contributed by atoms with Crippen LogP contribution in [0.5, 0.6) is 5.75 Å². The first-order valence-corrected chi connectivity index (χ1v) is 7.38. The predicted molar refractivity (Wildman–Crippen MR) is 77.7 cm³/mol. The van der Waals surface area contributed by atoms with Crippen LogP contribution in [0.15, 0.2) is 24.3 Å². The second kappa shape index (κ2) is 7.29. The molecular formula is C16H23NO3. The van der Waals surface area contributed by atoms with E-state index >= 15 is 0 Å². The van der Waals surface area contributed by atoms with E-state index in [1.165, 1.54) is 0 Å². The standard InChI is InChI=1S/C16H23NO3/c1-2-20-13-9-7-12(8-10-13)11-16(19)17-14-5-3-4-6-15(14)18/h7-10,14-15,18H,2-6,11H2,1H3,(H,17,19)/t14-,15-/m1/s1. The molecule has 0 unspecified atom stereocenters. The van der Waals surface area contributed by atoms with E-state index in [2.05, 4.69) is 5.32 Å². The van der Waals surface area contributed by atoms with E-state index in [4.69, 9.17) is 4.74 Å². The van der Waals surface area contributed by atoms with Crippen molar-refractivity contribution in [3.05, 3.63) is 29.8 Å². The second-order valence-corrected chi connectivity index (χ2v) is 5.28. The summed E-state index contributed by atoms with van der Waals surface area (Å²) in [5.41, 5.74) is 0.955. The third-order valence-corrected chi connectivity index (χ3v) is 3.67. The first-order chi connectivity index (χ1) is 9.69. The van der Waals surface area contributed by atoms with Gasteiger partial charge in [0, 0.05) is 0 Å². The van der Waals surface area contributed by atoms with Crippen LogP contribution in [-0.4, -0.2) is 29.8 Å². The van der Waals surface area contributed by atoms with Gasteiger partial charge in [0.25, 0.3) is 0 Å². The topological polar surface area (TPSA) is 58.6 Å². The number of amides is 1. The smallest absolute Gasteiger partial charge is 0.224 e. The summed E-state index contributed by atoms with van der Waals surface area (Å²) < 4.78 is 5.37. The number of hydrogen-bond acceptors (Lipinski definition) is 3. The Morgan fingerprint density at radius 3 is 2.65 bits per heavy atom. The Morgan fingerprint density at radius 1 is 1.30 bits per heavy atom. The zero-order valence-electron chi connectivity index (χ0n) is 12.0. The van der Waals surface area contributed by atoms with Crippen molar-refractivity contribution in [3.63, 3.8) is 0 Å². The largest absolute Gasteiger partial charge is 0.494 e. The molecule has 0 spiro atoms. The van der Waals surface area contributed by atoms with Crippen molar-refractivity contribution in [2.75, 3.05) is 6.61 Å². The molecule has 1 aromatic carbocycles. The number of carbonyl (C=O) groups is 1. The fourth-order valence-electron chi connectivity index (χ4n) is 2.59. The summed E-state index contributed by atoms with van der Waals surface area (Å²) in [6.07, 6.45) is 3.73. The van der Waals surface area contributed by atoms with Gasteiger partial charge in [-0.3, -0.25) is 4.79 Å². The van der Waals surface area contributed by atoms with Gasteiger partial charge in [-0.2, -0.15) is 0 Å². The minimum absolute atomic E-state index is 0.0277. The Balaban J connectivity index is 1.84. The number of aliphatic hydroxyl groups is 1.